The minimum atomic E-state index is 0.984. The number of hydrazone groups is 1. The third-order valence-corrected chi connectivity index (χ3v) is 4.61. The van der Waals surface area contributed by atoms with Gasteiger partial charge in [-0.05, 0) is 66.6 Å². The summed E-state index contributed by atoms with van der Waals surface area (Å²) in [7, 11) is 0. The van der Waals surface area contributed by atoms with Crippen LogP contribution in [-0.4, -0.2) is 6.21 Å². The lowest BCUT2D eigenvalue weighted by atomic mass is 10.1. The summed E-state index contributed by atoms with van der Waals surface area (Å²) < 4.78 is 0. The number of benzene rings is 4. The van der Waals surface area contributed by atoms with Gasteiger partial charge in [0.2, 0.25) is 0 Å². The van der Waals surface area contributed by atoms with E-state index in [9.17, 15) is 0 Å². The molecule has 0 bridgehead atoms. The van der Waals surface area contributed by atoms with Crippen LogP contribution >= 0.6 is 0 Å². The van der Waals surface area contributed by atoms with Crippen molar-refractivity contribution in [2.45, 2.75) is 6.92 Å². The molecule has 0 atom stereocenters. The van der Waals surface area contributed by atoms with Crippen LogP contribution in [0.25, 0.3) is 0 Å². The molecule has 0 fully saturated rings. The molecule has 1 N–H and O–H groups in total. The van der Waals surface area contributed by atoms with Crippen molar-refractivity contribution in [2.24, 2.45) is 5.10 Å². The van der Waals surface area contributed by atoms with E-state index in [-0.39, 0.29) is 0 Å². The monoisotopic (exact) mass is 377 g/mol. The van der Waals surface area contributed by atoms with Crippen LogP contribution in [0.5, 0.6) is 0 Å². The average molecular weight is 377 g/mol. The number of nitrogens with one attached hydrogen (secondary N) is 1. The molecule has 0 aromatic heterocycles. The van der Waals surface area contributed by atoms with Crippen LogP contribution < -0.4 is 10.3 Å². The van der Waals surface area contributed by atoms with Crippen molar-refractivity contribution in [1.82, 2.24) is 0 Å². The summed E-state index contributed by atoms with van der Waals surface area (Å²) in [6.45, 7) is 2.07. The highest BCUT2D eigenvalue weighted by atomic mass is 15.3. The van der Waals surface area contributed by atoms with E-state index in [2.05, 4.69) is 107 Å². The Morgan fingerprint density at radius 1 is 0.655 bits per heavy atom. The van der Waals surface area contributed by atoms with Gasteiger partial charge in [0.15, 0.2) is 0 Å². The molecule has 0 aliphatic heterocycles. The molecule has 0 spiro atoms. The van der Waals surface area contributed by atoms with E-state index in [1.54, 1.807) is 0 Å². The Labute approximate surface area is 172 Å². The van der Waals surface area contributed by atoms with E-state index < -0.39 is 0 Å². The highest BCUT2D eigenvalue weighted by Gasteiger charge is 2.11. The van der Waals surface area contributed by atoms with Gasteiger partial charge in [0, 0.05) is 17.1 Å². The first-order valence-electron chi connectivity index (χ1n) is 9.66. The highest BCUT2D eigenvalue weighted by molar-refractivity contribution is 5.83. The third kappa shape index (κ3) is 4.71. The molecule has 142 valence electrons. The van der Waals surface area contributed by atoms with Crippen molar-refractivity contribution in [2.75, 3.05) is 10.3 Å². The zero-order chi connectivity index (χ0) is 19.9. The van der Waals surface area contributed by atoms with Crippen LogP contribution in [-0.2, 0) is 0 Å². The minimum Gasteiger partial charge on any atom is -0.311 e. The summed E-state index contributed by atoms with van der Waals surface area (Å²) in [4.78, 5) is 2.24. The van der Waals surface area contributed by atoms with E-state index in [1.807, 2.05) is 30.5 Å². The van der Waals surface area contributed by atoms with Crippen molar-refractivity contribution in [3.05, 3.63) is 120 Å². The van der Waals surface area contributed by atoms with Gasteiger partial charge in [0.05, 0.1) is 11.9 Å². The zero-order valence-corrected chi connectivity index (χ0v) is 16.4. The normalized spacial score (nSPS) is 10.8. The Kier molecular flexibility index (Phi) is 5.68. The lowest BCUT2D eigenvalue weighted by Crippen LogP contribution is -2.09. The second-order valence-electron chi connectivity index (χ2n) is 6.84. The topological polar surface area (TPSA) is 27.6 Å². The molecule has 29 heavy (non-hydrogen) atoms. The summed E-state index contributed by atoms with van der Waals surface area (Å²) >= 11 is 0. The van der Waals surface area contributed by atoms with Crippen LogP contribution in [0.1, 0.15) is 11.1 Å². The smallest absolute Gasteiger partial charge is 0.0564 e. The van der Waals surface area contributed by atoms with Crippen LogP contribution in [0, 0.1) is 6.92 Å². The molecule has 3 nitrogen and oxygen atoms in total. The van der Waals surface area contributed by atoms with E-state index >= 15 is 0 Å². The van der Waals surface area contributed by atoms with Gasteiger partial charge in [-0.15, -0.1) is 0 Å². The molecule has 0 unspecified atom stereocenters. The molecule has 0 aliphatic rings. The van der Waals surface area contributed by atoms with Gasteiger partial charge in [0.25, 0.3) is 0 Å². The molecule has 0 amide bonds. The molecular weight excluding hydrogens is 354 g/mol. The third-order valence-electron chi connectivity index (χ3n) is 4.61. The number of hydrogen-bond acceptors (Lipinski definition) is 3. The van der Waals surface area contributed by atoms with Crippen molar-refractivity contribution in [3.63, 3.8) is 0 Å². The van der Waals surface area contributed by atoms with Gasteiger partial charge in [-0.1, -0.05) is 60.7 Å². The molecule has 4 aromatic rings. The highest BCUT2D eigenvalue weighted by Crippen LogP contribution is 2.33. The standard InChI is InChI=1S/C26H23N3/c1-21-9-8-10-23(19-21)28-27-20-22-15-17-26(18-16-22)29(24-11-4-2-5-12-24)25-13-6-3-7-14-25/h2-20,28H,1H3/b27-20-. The predicted molar refractivity (Wildman–Crippen MR) is 124 cm³/mol. The maximum Gasteiger partial charge on any atom is 0.0564 e. The van der Waals surface area contributed by atoms with Crippen LogP contribution in [0.4, 0.5) is 22.7 Å². The number of hydrogen-bond donors (Lipinski definition) is 1. The summed E-state index contributed by atoms with van der Waals surface area (Å²) in [5, 5.41) is 4.36. The SMILES string of the molecule is Cc1cccc(N/N=C\c2ccc(N(c3ccccc3)c3ccccc3)cc2)c1. The molecule has 4 aromatic carbocycles. The molecule has 0 saturated heterocycles. The van der Waals surface area contributed by atoms with Crippen molar-refractivity contribution in [1.29, 1.82) is 0 Å². The largest absolute Gasteiger partial charge is 0.311 e. The number of anilines is 4. The number of para-hydroxylation sites is 2. The molecule has 0 heterocycles. The Bertz CT molecular complexity index is 1030. The Morgan fingerprint density at radius 2 is 1.24 bits per heavy atom. The summed E-state index contributed by atoms with van der Waals surface area (Å²) in [5.41, 5.74) is 9.66. The molecule has 4 rings (SSSR count). The van der Waals surface area contributed by atoms with Gasteiger partial charge in [-0.2, -0.15) is 5.10 Å². The van der Waals surface area contributed by atoms with Gasteiger partial charge in [0.1, 0.15) is 0 Å². The molecule has 0 saturated carbocycles. The van der Waals surface area contributed by atoms with E-state index in [4.69, 9.17) is 0 Å². The Morgan fingerprint density at radius 3 is 1.83 bits per heavy atom. The second-order valence-corrected chi connectivity index (χ2v) is 6.84. The number of rotatable bonds is 6. The fourth-order valence-corrected chi connectivity index (χ4v) is 3.21. The van der Waals surface area contributed by atoms with Gasteiger partial charge in [-0.25, -0.2) is 0 Å². The van der Waals surface area contributed by atoms with Gasteiger partial charge >= 0.3 is 0 Å². The van der Waals surface area contributed by atoms with Crippen LogP contribution in [0.15, 0.2) is 114 Å². The van der Waals surface area contributed by atoms with Crippen molar-refractivity contribution >= 4 is 29.0 Å². The van der Waals surface area contributed by atoms with Gasteiger partial charge in [-0.3, -0.25) is 5.43 Å². The summed E-state index contributed by atoms with van der Waals surface area (Å²) in [5.74, 6) is 0. The Hall–Kier alpha value is -3.85. The second kappa shape index (κ2) is 8.89. The van der Waals surface area contributed by atoms with Crippen LogP contribution in [0.3, 0.4) is 0 Å². The quantitative estimate of drug-likeness (QED) is 0.292. The Balaban J connectivity index is 1.55. The zero-order valence-electron chi connectivity index (χ0n) is 16.4. The molecule has 0 radical (unpaired) electrons. The predicted octanol–water partition coefficient (Wildman–Crippen LogP) is 6.91. The van der Waals surface area contributed by atoms with E-state index in [0.29, 0.717) is 0 Å². The first-order valence-corrected chi connectivity index (χ1v) is 9.66. The van der Waals surface area contributed by atoms with Gasteiger partial charge < -0.3 is 4.90 Å². The number of aryl methyl sites for hydroxylation is 1. The summed E-state index contributed by atoms with van der Waals surface area (Å²) in [6, 6.07) is 37.3. The number of nitrogens with zero attached hydrogens (tertiary/aromatic N) is 2. The van der Waals surface area contributed by atoms with Crippen molar-refractivity contribution < 1.29 is 0 Å². The molecular formula is C26H23N3. The fourth-order valence-electron chi connectivity index (χ4n) is 3.21. The lowest BCUT2D eigenvalue weighted by Gasteiger charge is -2.25. The first kappa shape index (κ1) is 18.5. The van der Waals surface area contributed by atoms with E-state index in [1.165, 1.54) is 5.56 Å². The average Bonchev–Trinajstić information content (AvgIpc) is 2.77. The minimum absolute atomic E-state index is 0.984. The van der Waals surface area contributed by atoms with Crippen molar-refractivity contribution in [3.8, 4) is 0 Å². The maximum atomic E-state index is 4.36. The molecule has 0 aliphatic carbocycles. The summed E-state index contributed by atoms with van der Waals surface area (Å²) in [6.07, 6.45) is 1.83. The molecule has 3 heteroatoms. The van der Waals surface area contributed by atoms with E-state index in [0.717, 1.165) is 28.3 Å². The van der Waals surface area contributed by atoms with Crippen LogP contribution in [0.2, 0.25) is 0 Å². The fraction of sp³-hybridized carbons (Fsp3) is 0.0385. The first-order chi connectivity index (χ1) is 14.3. The maximum absolute atomic E-state index is 4.36. The lowest BCUT2D eigenvalue weighted by molar-refractivity contribution is 1.28.